The van der Waals surface area contributed by atoms with Crippen molar-refractivity contribution < 1.29 is 9.66 Å². The molecule has 0 bridgehead atoms. The van der Waals surface area contributed by atoms with Crippen LogP contribution in [0.15, 0.2) is 41.0 Å². The molecule has 1 unspecified atom stereocenters. The van der Waals surface area contributed by atoms with Crippen LogP contribution in [0.25, 0.3) is 0 Å². The predicted octanol–water partition coefficient (Wildman–Crippen LogP) is 3.95. The summed E-state index contributed by atoms with van der Waals surface area (Å²) >= 11 is 3.18. The molecule has 0 aliphatic heterocycles. The highest BCUT2D eigenvalue weighted by atomic mass is 79.9. The summed E-state index contributed by atoms with van der Waals surface area (Å²) in [6.07, 6.45) is 2.35. The molecule has 0 amide bonds. The normalized spacial score (nSPS) is 12.0. The third-order valence-corrected chi connectivity index (χ3v) is 3.74. The van der Waals surface area contributed by atoms with Gasteiger partial charge in [-0.05, 0) is 40.5 Å². The predicted molar refractivity (Wildman–Crippen MR) is 82.3 cm³/mol. The van der Waals surface area contributed by atoms with Crippen LogP contribution in [0.5, 0.6) is 11.5 Å². The van der Waals surface area contributed by atoms with Gasteiger partial charge in [0.05, 0.1) is 16.8 Å². The van der Waals surface area contributed by atoms with Gasteiger partial charge in [0, 0.05) is 12.1 Å². The number of aromatic nitrogens is 1. The molecular formula is C14H14BrN3O3. The highest BCUT2D eigenvalue weighted by molar-refractivity contribution is 9.10. The Hall–Kier alpha value is -1.99. The van der Waals surface area contributed by atoms with Gasteiger partial charge >= 0.3 is 0 Å². The zero-order valence-electron chi connectivity index (χ0n) is 11.3. The van der Waals surface area contributed by atoms with Crippen molar-refractivity contribution >= 4 is 21.6 Å². The topological polar surface area (TPSA) is 91.3 Å². The summed E-state index contributed by atoms with van der Waals surface area (Å²) in [5.74, 6) is 0.849. The number of nitro groups is 1. The lowest BCUT2D eigenvalue weighted by atomic mass is 10.1. The van der Waals surface area contributed by atoms with E-state index < -0.39 is 4.92 Å². The van der Waals surface area contributed by atoms with Crippen molar-refractivity contribution in [1.29, 1.82) is 0 Å². The number of benzene rings is 1. The van der Waals surface area contributed by atoms with E-state index in [1.54, 1.807) is 30.5 Å². The Labute approximate surface area is 130 Å². The third-order valence-electron chi connectivity index (χ3n) is 2.95. The number of hydrogen-bond acceptors (Lipinski definition) is 5. The molecule has 0 aliphatic carbocycles. The van der Waals surface area contributed by atoms with E-state index in [1.807, 2.05) is 6.92 Å². The molecule has 0 radical (unpaired) electrons. The van der Waals surface area contributed by atoms with E-state index in [1.165, 1.54) is 6.07 Å². The van der Waals surface area contributed by atoms with E-state index in [-0.39, 0.29) is 11.7 Å². The van der Waals surface area contributed by atoms with Crippen molar-refractivity contribution in [3.63, 3.8) is 0 Å². The number of ether oxygens (including phenoxy) is 1. The second-order valence-corrected chi connectivity index (χ2v) is 5.17. The van der Waals surface area contributed by atoms with Crippen molar-refractivity contribution in [1.82, 2.24) is 4.98 Å². The third kappa shape index (κ3) is 3.56. The maximum absolute atomic E-state index is 10.9. The molecule has 0 aliphatic rings. The molecule has 21 heavy (non-hydrogen) atoms. The van der Waals surface area contributed by atoms with Crippen molar-refractivity contribution in [3.8, 4) is 11.5 Å². The van der Waals surface area contributed by atoms with Crippen LogP contribution in [0.2, 0.25) is 0 Å². The summed E-state index contributed by atoms with van der Waals surface area (Å²) in [5, 5.41) is 10.9. The molecule has 0 saturated heterocycles. The maximum Gasteiger partial charge on any atom is 0.287 e. The van der Waals surface area contributed by atoms with Gasteiger partial charge in [-0.25, -0.2) is 0 Å². The number of nitrogens with two attached hydrogens (primary N) is 1. The molecule has 0 spiro atoms. The van der Waals surface area contributed by atoms with E-state index >= 15 is 0 Å². The van der Waals surface area contributed by atoms with Gasteiger partial charge in [0.1, 0.15) is 16.0 Å². The molecule has 1 atom stereocenters. The van der Waals surface area contributed by atoms with E-state index in [0.29, 0.717) is 16.0 Å². The lowest BCUT2D eigenvalue weighted by Gasteiger charge is -2.10. The molecule has 6 nitrogen and oxygen atoms in total. The molecule has 110 valence electrons. The smallest absolute Gasteiger partial charge is 0.287 e. The van der Waals surface area contributed by atoms with Crippen LogP contribution in [0, 0.1) is 10.1 Å². The molecule has 1 aromatic heterocycles. The average Bonchev–Trinajstić information content (AvgIpc) is 2.49. The second kappa shape index (κ2) is 6.64. The van der Waals surface area contributed by atoms with Crippen molar-refractivity contribution in [2.24, 2.45) is 5.73 Å². The number of hydrogen-bond donors (Lipinski definition) is 1. The maximum atomic E-state index is 10.9. The minimum atomic E-state index is -0.474. The van der Waals surface area contributed by atoms with Crippen molar-refractivity contribution in [2.75, 3.05) is 0 Å². The van der Waals surface area contributed by atoms with Crippen LogP contribution in [0.1, 0.15) is 25.1 Å². The monoisotopic (exact) mass is 351 g/mol. The Morgan fingerprint density at radius 1 is 1.43 bits per heavy atom. The quantitative estimate of drug-likeness (QED) is 0.650. The molecule has 7 heteroatoms. The summed E-state index contributed by atoms with van der Waals surface area (Å²) in [7, 11) is 0. The molecule has 2 rings (SSSR count). The van der Waals surface area contributed by atoms with Gasteiger partial charge in [0.2, 0.25) is 0 Å². The fourth-order valence-corrected chi connectivity index (χ4v) is 2.22. The van der Waals surface area contributed by atoms with Crippen LogP contribution in [0.4, 0.5) is 5.69 Å². The van der Waals surface area contributed by atoms with E-state index in [9.17, 15) is 10.1 Å². The summed E-state index contributed by atoms with van der Waals surface area (Å²) in [6.45, 7) is 1.98. The lowest BCUT2D eigenvalue weighted by Crippen LogP contribution is -2.10. The fraction of sp³-hybridized carbons (Fsp3) is 0.214. The summed E-state index contributed by atoms with van der Waals surface area (Å²) in [4.78, 5) is 14.6. The van der Waals surface area contributed by atoms with Gasteiger partial charge in [-0.15, -0.1) is 0 Å². The highest BCUT2D eigenvalue weighted by Gasteiger charge is 2.16. The first kappa shape index (κ1) is 15.4. The number of pyridine rings is 1. The number of nitro benzene ring substituents is 1. The largest absolute Gasteiger partial charge is 0.454 e. The van der Waals surface area contributed by atoms with Gasteiger partial charge in [0.25, 0.3) is 5.69 Å². The zero-order chi connectivity index (χ0) is 15.4. The Morgan fingerprint density at radius 3 is 2.76 bits per heavy atom. The van der Waals surface area contributed by atoms with Crippen LogP contribution in [-0.2, 0) is 0 Å². The van der Waals surface area contributed by atoms with Gasteiger partial charge in [-0.3, -0.25) is 15.1 Å². The average molecular weight is 352 g/mol. The summed E-state index contributed by atoms with van der Waals surface area (Å²) < 4.78 is 5.91. The molecule has 0 saturated carbocycles. The molecule has 2 N–H and O–H groups in total. The molecule has 0 fully saturated rings. The standard InChI is InChI=1S/C14H14BrN3O3/c1-2-10(16)11-7-6-9(8-17-11)21-13-5-3-4-12(14(13)15)18(19)20/h3-8,10H,2,16H2,1H3. The van der Waals surface area contributed by atoms with Crippen LogP contribution >= 0.6 is 15.9 Å². The van der Waals surface area contributed by atoms with E-state index in [0.717, 1.165) is 12.1 Å². The van der Waals surface area contributed by atoms with E-state index in [2.05, 4.69) is 20.9 Å². The highest BCUT2D eigenvalue weighted by Crippen LogP contribution is 2.36. The first-order valence-corrected chi connectivity index (χ1v) is 7.14. The van der Waals surface area contributed by atoms with Crippen LogP contribution < -0.4 is 10.5 Å². The van der Waals surface area contributed by atoms with Gasteiger partial charge in [-0.2, -0.15) is 0 Å². The number of halogens is 1. The van der Waals surface area contributed by atoms with Crippen LogP contribution in [0.3, 0.4) is 0 Å². The number of rotatable bonds is 5. The molecule has 1 heterocycles. The Morgan fingerprint density at radius 2 is 2.19 bits per heavy atom. The lowest BCUT2D eigenvalue weighted by molar-refractivity contribution is -0.385. The van der Waals surface area contributed by atoms with Gasteiger partial charge in [-0.1, -0.05) is 13.0 Å². The summed E-state index contributed by atoms with van der Waals surface area (Å²) in [6, 6.07) is 8.02. The summed E-state index contributed by atoms with van der Waals surface area (Å²) in [5.41, 5.74) is 6.62. The molecule has 2 aromatic rings. The van der Waals surface area contributed by atoms with Gasteiger partial charge in [0.15, 0.2) is 0 Å². The van der Waals surface area contributed by atoms with E-state index in [4.69, 9.17) is 10.5 Å². The Bertz CT molecular complexity index is 646. The van der Waals surface area contributed by atoms with Crippen LogP contribution in [-0.4, -0.2) is 9.91 Å². The van der Waals surface area contributed by atoms with Crippen molar-refractivity contribution in [3.05, 3.63) is 56.8 Å². The SMILES string of the molecule is CCC(N)c1ccc(Oc2cccc([N+](=O)[O-])c2Br)cn1. The van der Waals surface area contributed by atoms with Gasteiger partial charge < -0.3 is 10.5 Å². The molecule has 1 aromatic carbocycles. The minimum absolute atomic E-state index is 0.0508. The first-order chi connectivity index (χ1) is 10.0. The van der Waals surface area contributed by atoms with Crippen molar-refractivity contribution in [2.45, 2.75) is 19.4 Å². The Kier molecular flexibility index (Phi) is 4.87. The minimum Gasteiger partial charge on any atom is -0.454 e. The fourth-order valence-electron chi connectivity index (χ4n) is 1.73. The number of nitrogens with zero attached hydrogens (tertiary/aromatic N) is 2. The second-order valence-electron chi connectivity index (χ2n) is 4.38. The Balaban J connectivity index is 2.22. The zero-order valence-corrected chi connectivity index (χ0v) is 12.9. The first-order valence-electron chi connectivity index (χ1n) is 6.35. The molecular weight excluding hydrogens is 338 g/mol.